The topological polar surface area (TPSA) is 32.3 Å². The number of nitrogens with one attached hydrogen (secondary N) is 1. The molecule has 0 amide bonds. The van der Waals surface area contributed by atoms with Gasteiger partial charge in [0.25, 0.3) is 0 Å². The molecule has 2 rings (SSSR count). The molecule has 2 nitrogen and oxygen atoms in total. The second kappa shape index (κ2) is 6.66. The van der Waals surface area contributed by atoms with Crippen LogP contribution in [0.2, 0.25) is 5.02 Å². The average Bonchev–Trinajstić information content (AvgIpc) is 2.39. The molecule has 0 aliphatic carbocycles. The van der Waals surface area contributed by atoms with Crippen LogP contribution in [-0.2, 0) is 6.54 Å². The Labute approximate surface area is 116 Å². The van der Waals surface area contributed by atoms with Gasteiger partial charge in [0.15, 0.2) is 0 Å². The first-order chi connectivity index (χ1) is 9.15. The summed E-state index contributed by atoms with van der Waals surface area (Å²) in [6.45, 7) is 1.02. The minimum Gasteiger partial charge on any atom is -0.387 e. The first-order valence-corrected chi connectivity index (χ1v) is 6.41. The maximum atomic E-state index is 12.8. The molecule has 0 saturated heterocycles. The normalized spacial score (nSPS) is 12.4. The van der Waals surface area contributed by atoms with Crippen LogP contribution in [0.5, 0.6) is 0 Å². The molecule has 1 atom stereocenters. The van der Waals surface area contributed by atoms with E-state index in [0.29, 0.717) is 23.7 Å². The maximum absolute atomic E-state index is 12.8. The second-order valence-electron chi connectivity index (χ2n) is 4.33. The number of halogens is 2. The van der Waals surface area contributed by atoms with Crippen molar-refractivity contribution < 1.29 is 9.50 Å². The highest BCUT2D eigenvalue weighted by molar-refractivity contribution is 6.30. The van der Waals surface area contributed by atoms with Crippen molar-refractivity contribution in [2.24, 2.45) is 0 Å². The summed E-state index contributed by atoms with van der Waals surface area (Å²) in [5.74, 6) is -0.303. The second-order valence-corrected chi connectivity index (χ2v) is 4.76. The molecule has 0 bridgehead atoms. The lowest BCUT2D eigenvalue weighted by Gasteiger charge is -2.12. The van der Waals surface area contributed by atoms with Gasteiger partial charge in [0.1, 0.15) is 5.82 Å². The molecule has 0 heterocycles. The number of aliphatic hydroxyl groups excluding tert-OH is 1. The lowest BCUT2D eigenvalue weighted by atomic mass is 10.1. The van der Waals surface area contributed by atoms with Crippen LogP contribution < -0.4 is 5.32 Å². The molecule has 1 unspecified atom stereocenters. The largest absolute Gasteiger partial charge is 0.387 e. The van der Waals surface area contributed by atoms with Gasteiger partial charge < -0.3 is 10.4 Å². The summed E-state index contributed by atoms with van der Waals surface area (Å²) in [4.78, 5) is 0. The quantitative estimate of drug-likeness (QED) is 0.880. The molecular weight excluding hydrogens is 265 g/mol. The van der Waals surface area contributed by atoms with Gasteiger partial charge in [-0.25, -0.2) is 4.39 Å². The van der Waals surface area contributed by atoms with E-state index in [2.05, 4.69) is 5.32 Å². The molecule has 0 aromatic heterocycles. The van der Waals surface area contributed by atoms with E-state index in [-0.39, 0.29) is 5.82 Å². The fourth-order valence-electron chi connectivity index (χ4n) is 1.80. The van der Waals surface area contributed by atoms with Crippen LogP contribution in [0.1, 0.15) is 17.2 Å². The highest BCUT2D eigenvalue weighted by Crippen LogP contribution is 2.13. The highest BCUT2D eigenvalue weighted by Gasteiger charge is 2.06. The predicted molar refractivity (Wildman–Crippen MR) is 74.5 cm³/mol. The molecule has 4 heteroatoms. The maximum Gasteiger partial charge on any atom is 0.123 e. The van der Waals surface area contributed by atoms with Crippen molar-refractivity contribution >= 4 is 11.6 Å². The smallest absolute Gasteiger partial charge is 0.123 e. The molecule has 0 saturated carbocycles. The van der Waals surface area contributed by atoms with Gasteiger partial charge in [0.05, 0.1) is 6.10 Å². The fourth-order valence-corrected chi connectivity index (χ4v) is 2.02. The minimum absolute atomic E-state index is 0.303. The van der Waals surface area contributed by atoms with Gasteiger partial charge in [-0.1, -0.05) is 35.9 Å². The van der Waals surface area contributed by atoms with E-state index in [1.165, 1.54) is 12.1 Å². The Morgan fingerprint density at radius 1 is 1.16 bits per heavy atom. The summed E-state index contributed by atoms with van der Waals surface area (Å²) >= 11 is 5.88. The van der Waals surface area contributed by atoms with Gasteiger partial charge in [0, 0.05) is 18.1 Å². The summed E-state index contributed by atoms with van der Waals surface area (Å²) in [7, 11) is 0. The van der Waals surface area contributed by atoms with E-state index < -0.39 is 6.10 Å². The lowest BCUT2D eigenvalue weighted by Crippen LogP contribution is -2.21. The van der Waals surface area contributed by atoms with Crippen LogP contribution in [-0.4, -0.2) is 11.7 Å². The molecular formula is C15H15ClFNO. The molecule has 19 heavy (non-hydrogen) atoms. The van der Waals surface area contributed by atoms with Crippen molar-refractivity contribution in [3.8, 4) is 0 Å². The first kappa shape index (κ1) is 14.0. The van der Waals surface area contributed by atoms with Crippen molar-refractivity contribution in [3.63, 3.8) is 0 Å². The predicted octanol–water partition coefficient (Wildman–Crippen LogP) is 3.30. The third kappa shape index (κ3) is 4.31. The van der Waals surface area contributed by atoms with E-state index in [9.17, 15) is 9.50 Å². The number of aliphatic hydroxyl groups is 1. The standard InChI is InChI=1S/C15H15ClFNO/c16-13-3-1-2-11(8-13)9-18-10-15(19)12-4-6-14(17)7-5-12/h1-8,15,18-19H,9-10H2. The van der Waals surface area contributed by atoms with Crippen LogP contribution in [0, 0.1) is 5.82 Å². The Kier molecular flexibility index (Phi) is 4.91. The van der Waals surface area contributed by atoms with Gasteiger partial charge >= 0.3 is 0 Å². The van der Waals surface area contributed by atoms with Crippen LogP contribution in [0.3, 0.4) is 0 Å². The zero-order valence-electron chi connectivity index (χ0n) is 10.3. The third-order valence-corrected chi connectivity index (χ3v) is 3.05. The van der Waals surface area contributed by atoms with Crippen molar-refractivity contribution in [2.75, 3.05) is 6.54 Å². The lowest BCUT2D eigenvalue weighted by molar-refractivity contribution is 0.174. The van der Waals surface area contributed by atoms with E-state index in [1.807, 2.05) is 24.3 Å². The molecule has 0 radical (unpaired) electrons. The number of hydrogen-bond donors (Lipinski definition) is 2. The molecule has 0 spiro atoms. The van der Waals surface area contributed by atoms with Crippen molar-refractivity contribution in [1.29, 1.82) is 0 Å². The highest BCUT2D eigenvalue weighted by atomic mass is 35.5. The Hall–Kier alpha value is -1.42. The van der Waals surface area contributed by atoms with E-state index in [1.54, 1.807) is 12.1 Å². The van der Waals surface area contributed by atoms with Gasteiger partial charge in [0.2, 0.25) is 0 Å². The molecule has 2 N–H and O–H groups in total. The Morgan fingerprint density at radius 3 is 2.58 bits per heavy atom. The van der Waals surface area contributed by atoms with E-state index in [4.69, 9.17) is 11.6 Å². The van der Waals surface area contributed by atoms with Crippen molar-refractivity contribution in [3.05, 3.63) is 70.5 Å². The number of hydrogen-bond acceptors (Lipinski definition) is 2. The van der Waals surface area contributed by atoms with E-state index in [0.717, 1.165) is 5.56 Å². The summed E-state index contributed by atoms with van der Waals surface area (Å²) < 4.78 is 12.8. The summed E-state index contributed by atoms with van der Waals surface area (Å²) in [6, 6.07) is 13.4. The van der Waals surface area contributed by atoms with Gasteiger partial charge in [-0.3, -0.25) is 0 Å². The molecule has 100 valence electrons. The zero-order chi connectivity index (χ0) is 13.7. The number of benzene rings is 2. The Balaban J connectivity index is 1.84. The molecule has 0 aliphatic rings. The summed E-state index contributed by atoms with van der Waals surface area (Å²) in [5, 5.41) is 13.8. The zero-order valence-corrected chi connectivity index (χ0v) is 11.1. The summed E-state index contributed by atoms with van der Waals surface area (Å²) in [5.41, 5.74) is 1.75. The molecule has 0 fully saturated rings. The monoisotopic (exact) mass is 279 g/mol. The van der Waals surface area contributed by atoms with Crippen molar-refractivity contribution in [1.82, 2.24) is 5.32 Å². The van der Waals surface area contributed by atoms with Gasteiger partial charge in [-0.15, -0.1) is 0 Å². The van der Waals surface area contributed by atoms with Crippen LogP contribution in [0.25, 0.3) is 0 Å². The average molecular weight is 280 g/mol. The Bertz CT molecular complexity index is 530. The molecule has 0 aliphatic heterocycles. The first-order valence-electron chi connectivity index (χ1n) is 6.04. The third-order valence-electron chi connectivity index (χ3n) is 2.81. The summed E-state index contributed by atoms with van der Waals surface area (Å²) in [6.07, 6.45) is -0.653. The molecule has 2 aromatic carbocycles. The molecule has 2 aromatic rings. The SMILES string of the molecule is OC(CNCc1cccc(Cl)c1)c1ccc(F)cc1. The van der Waals surface area contributed by atoms with Crippen molar-refractivity contribution in [2.45, 2.75) is 12.6 Å². The minimum atomic E-state index is -0.653. The number of rotatable bonds is 5. The van der Waals surface area contributed by atoms with E-state index >= 15 is 0 Å². The van der Waals surface area contributed by atoms with Crippen LogP contribution in [0.4, 0.5) is 4.39 Å². The van der Waals surface area contributed by atoms with Gasteiger partial charge in [-0.05, 0) is 35.4 Å². The Morgan fingerprint density at radius 2 is 1.89 bits per heavy atom. The fraction of sp³-hybridized carbons (Fsp3) is 0.200. The van der Waals surface area contributed by atoms with Gasteiger partial charge in [-0.2, -0.15) is 0 Å². The van der Waals surface area contributed by atoms with Crippen LogP contribution >= 0.6 is 11.6 Å². The van der Waals surface area contributed by atoms with Crippen LogP contribution in [0.15, 0.2) is 48.5 Å².